The van der Waals surface area contributed by atoms with Crippen LogP contribution in [0.2, 0.25) is 0 Å². The predicted octanol–water partition coefficient (Wildman–Crippen LogP) is 12.8. The molecule has 0 N–H and O–H groups in total. The van der Waals surface area contributed by atoms with Gasteiger partial charge in [0.2, 0.25) is 0 Å². The molecule has 0 radical (unpaired) electrons. The molecule has 1 aliphatic carbocycles. The van der Waals surface area contributed by atoms with Crippen molar-refractivity contribution < 1.29 is 0 Å². The molecule has 0 bridgehead atoms. The molecular weight excluding hydrogens is 747 g/mol. The highest BCUT2D eigenvalue weighted by Gasteiger charge is 2.20. The summed E-state index contributed by atoms with van der Waals surface area (Å²) >= 11 is 0. The molecule has 7 aromatic carbocycles. The minimum atomic E-state index is 0.584. The van der Waals surface area contributed by atoms with Crippen LogP contribution in [0.4, 0.5) is 0 Å². The lowest BCUT2D eigenvalue weighted by atomic mass is 9.99. The first-order valence-corrected chi connectivity index (χ1v) is 20.4. The van der Waals surface area contributed by atoms with Crippen LogP contribution in [0.3, 0.4) is 0 Å². The monoisotopic (exact) mass is 783 g/mol. The number of hydrogen-bond acceptors (Lipinski definition) is 5. The van der Waals surface area contributed by atoms with Gasteiger partial charge >= 0.3 is 0 Å². The minimum absolute atomic E-state index is 0.584. The maximum absolute atomic E-state index is 5.19. The Morgan fingerprint density at radius 2 is 0.836 bits per heavy atom. The van der Waals surface area contributed by atoms with Crippen molar-refractivity contribution >= 4 is 23.2 Å². The van der Waals surface area contributed by atoms with Gasteiger partial charge in [0.25, 0.3) is 0 Å². The van der Waals surface area contributed by atoms with Gasteiger partial charge in [0.1, 0.15) is 11.6 Å². The Bertz CT molecular complexity index is 3240. The van der Waals surface area contributed by atoms with Crippen LogP contribution < -0.4 is 0 Å². The summed E-state index contributed by atoms with van der Waals surface area (Å²) < 4.78 is 4.44. The molecule has 0 atom stereocenters. The molecule has 0 aliphatic heterocycles. The van der Waals surface area contributed by atoms with Crippen molar-refractivity contribution in [2.45, 2.75) is 6.42 Å². The Labute approximate surface area is 353 Å². The number of allylic oxidation sites excluding steroid dienone is 2. The maximum atomic E-state index is 5.19. The second kappa shape index (κ2) is 15.5. The average Bonchev–Trinajstić information content (AvgIpc) is 3.82. The van der Waals surface area contributed by atoms with Gasteiger partial charge in [-0.1, -0.05) is 140 Å². The van der Waals surface area contributed by atoms with E-state index in [0.29, 0.717) is 17.5 Å². The molecule has 3 aromatic heterocycles. The molecule has 10 aromatic rings. The van der Waals surface area contributed by atoms with Crippen molar-refractivity contribution in [1.29, 1.82) is 0 Å². The Hall–Kier alpha value is -8.29. The molecular formula is C54H37N7. The maximum Gasteiger partial charge on any atom is 0.164 e. The van der Waals surface area contributed by atoms with E-state index in [0.717, 1.165) is 90.8 Å². The number of nitrogens with zero attached hydrogens (tertiary/aromatic N) is 7. The number of aromatic nitrogens is 7. The smallest absolute Gasteiger partial charge is 0.164 e. The van der Waals surface area contributed by atoms with Crippen molar-refractivity contribution in [3.8, 4) is 79.4 Å². The zero-order valence-electron chi connectivity index (χ0n) is 33.0. The van der Waals surface area contributed by atoms with Crippen LogP contribution in [-0.2, 0) is 0 Å². The van der Waals surface area contributed by atoms with E-state index in [-0.39, 0.29) is 0 Å². The number of fused-ring (bicyclic) bond motifs is 2. The Morgan fingerprint density at radius 1 is 0.344 bits per heavy atom. The molecule has 0 spiro atoms. The largest absolute Gasteiger partial charge is 0.292 e. The Kier molecular flexibility index (Phi) is 9.09. The fraction of sp³-hybridized carbons (Fsp3) is 0.0185. The van der Waals surface area contributed by atoms with Crippen LogP contribution in [0.25, 0.3) is 103 Å². The molecule has 0 saturated carbocycles. The van der Waals surface area contributed by atoms with E-state index in [9.17, 15) is 0 Å². The number of hydrogen-bond donors (Lipinski definition) is 0. The molecule has 7 heteroatoms. The molecule has 0 amide bonds. The zero-order chi connectivity index (χ0) is 40.5. The second-order valence-corrected chi connectivity index (χ2v) is 14.9. The van der Waals surface area contributed by atoms with Crippen LogP contribution in [-0.4, -0.2) is 34.1 Å². The van der Waals surface area contributed by atoms with E-state index in [1.807, 2.05) is 42.5 Å². The lowest BCUT2D eigenvalue weighted by Crippen LogP contribution is -2.03. The summed E-state index contributed by atoms with van der Waals surface area (Å²) in [5, 5.41) is 0. The van der Waals surface area contributed by atoms with Crippen molar-refractivity contribution in [3.05, 3.63) is 212 Å². The number of para-hydroxylation sites is 2. The number of benzene rings is 7. The van der Waals surface area contributed by atoms with Gasteiger partial charge in [-0.25, -0.2) is 24.9 Å². The van der Waals surface area contributed by atoms with Gasteiger partial charge in [0.15, 0.2) is 17.5 Å². The topological polar surface area (TPSA) is 74.3 Å². The predicted molar refractivity (Wildman–Crippen MR) is 247 cm³/mol. The molecule has 0 fully saturated rings. The van der Waals surface area contributed by atoms with Crippen molar-refractivity contribution in [3.63, 3.8) is 0 Å². The highest BCUT2D eigenvalue weighted by atomic mass is 15.1. The highest BCUT2D eigenvalue weighted by molar-refractivity contribution is 5.84. The third-order valence-electron chi connectivity index (χ3n) is 11.0. The zero-order valence-corrected chi connectivity index (χ0v) is 33.0. The Balaban J connectivity index is 1.04. The molecule has 1 aliphatic rings. The minimum Gasteiger partial charge on any atom is -0.292 e. The van der Waals surface area contributed by atoms with Crippen LogP contribution in [0.15, 0.2) is 200 Å². The van der Waals surface area contributed by atoms with Crippen LogP contribution >= 0.6 is 0 Å². The first kappa shape index (κ1) is 35.8. The van der Waals surface area contributed by atoms with Crippen molar-refractivity contribution in [2.75, 3.05) is 0 Å². The standard InChI is InChI=1S/C54H37N7/c1-5-17-37(18-6-1)44-23-13-14-24-45(44)52-58-50(38-29-33-42(34-30-38)60-48-27-12-4-11-25-46(48)55-53(60)40-19-7-2-8-20-40)57-51(59-52)39-31-35-43(36-32-39)61-49-28-16-15-26-47(49)56-54(61)41-21-9-3-10-22-41/h1-3,5-36H,4H2. The van der Waals surface area contributed by atoms with Gasteiger partial charge in [-0.05, 0) is 90.4 Å². The summed E-state index contributed by atoms with van der Waals surface area (Å²) in [4.78, 5) is 25.7. The molecule has 3 heterocycles. The third kappa shape index (κ3) is 6.74. The third-order valence-corrected chi connectivity index (χ3v) is 11.0. The van der Waals surface area contributed by atoms with Gasteiger partial charge in [0.05, 0.1) is 22.4 Å². The van der Waals surface area contributed by atoms with Gasteiger partial charge in [0, 0.05) is 39.2 Å². The highest BCUT2D eigenvalue weighted by Crippen LogP contribution is 2.35. The number of imidazole rings is 2. The van der Waals surface area contributed by atoms with E-state index in [1.165, 1.54) is 0 Å². The van der Waals surface area contributed by atoms with Crippen molar-refractivity contribution in [2.24, 2.45) is 0 Å². The Morgan fingerprint density at radius 3 is 1.48 bits per heavy atom. The lowest BCUT2D eigenvalue weighted by Gasteiger charge is -2.14. The van der Waals surface area contributed by atoms with Crippen LogP contribution in [0.1, 0.15) is 17.8 Å². The van der Waals surface area contributed by atoms with E-state index in [2.05, 4.69) is 179 Å². The molecule has 0 unspecified atom stereocenters. The summed E-state index contributed by atoms with van der Waals surface area (Å²) in [5.41, 5.74) is 12.9. The first-order valence-electron chi connectivity index (χ1n) is 20.4. The van der Waals surface area contributed by atoms with Crippen molar-refractivity contribution in [1.82, 2.24) is 34.1 Å². The molecule has 11 rings (SSSR count). The fourth-order valence-corrected chi connectivity index (χ4v) is 8.10. The van der Waals surface area contributed by atoms with E-state index in [1.54, 1.807) is 0 Å². The molecule has 7 nitrogen and oxygen atoms in total. The summed E-state index contributed by atoms with van der Waals surface area (Å²) in [6.07, 6.45) is 9.47. The summed E-state index contributed by atoms with van der Waals surface area (Å²) in [7, 11) is 0. The van der Waals surface area contributed by atoms with Gasteiger partial charge < -0.3 is 0 Å². The lowest BCUT2D eigenvalue weighted by molar-refractivity contribution is 1.05. The average molecular weight is 784 g/mol. The van der Waals surface area contributed by atoms with Gasteiger partial charge in [-0.2, -0.15) is 0 Å². The SMILES string of the molecule is C1=Cc2nc(-c3ccccc3)n(-c3ccc(-c4nc(-c5ccc(-n6c(-c7ccccc7)nc7ccccc76)cc5)nc(-c5ccccc5-c5ccccc5)n4)cc3)c2C=CC1. The normalized spacial score (nSPS) is 12.1. The van der Waals surface area contributed by atoms with Crippen LogP contribution in [0, 0.1) is 0 Å². The van der Waals surface area contributed by atoms with E-state index < -0.39 is 0 Å². The first-order chi connectivity index (χ1) is 30.2. The molecule has 288 valence electrons. The number of rotatable bonds is 8. The van der Waals surface area contributed by atoms with E-state index in [4.69, 9.17) is 24.9 Å². The van der Waals surface area contributed by atoms with E-state index >= 15 is 0 Å². The summed E-state index contributed by atoms with van der Waals surface area (Å²) in [5.74, 6) is 3.54. The summed E-state index contributed by atoms with van der Waals surface area (Å²) in [6.45, 7) is 0. The molecule has 0 saturated heterocycles. The molecule has 61 heavy (non-hydrogen) atoms. The fourth-order valence-electron chi connectivity index (χ4n) is 8.10. The van der Waals surface area contributed by atoms with Gasteiger partial charge in [-0.3, -0.25) is 9.13 Å². The summed E-state index contributed by atoms with van der Waals surface area (Å²) in [6, 6.07) is 64.5. The van der Waals surface area contributed by atoms with Gasteiger partial charge in [-0.15, -0.1) is 0 Å². The quantitative estimate of drug-likeness (QED) is 0.153. The second-order valence-electron chi connectivity index (χ2n) is 14.9. The van der Waals surface area contributed by atoms with Crippen LogP contribution in [0.5, 0.6) is 0 Å².